The van der Waals surface area contributed by atoms with E-state index in [1.54, 1.807) is 0 Å². The third-order valence-corrected chi connectivity index (χ3v) is 6.86. The number of hydrogen-bond donors (Lipinski definition) is 0. The summed E-state index contributed by atoms with van der Waals surface area (Å²) in [6.45, 7) is 0.888. The molecule has 4 rings (SSSR count). The first-order chi connectivity index (χ1) is 14.7. The van der Waals surface area contributed by atoms with E-state index in [1.807, 2.05) is 54.6 Å². The normalized spacial score (nSPS) is 20.1. The summed E-state index contributed by atoms with van der Waals surface area (Å²) in [7, 11) is 0. The van der Waals surface area contributed by atoms with Gasteiger partial charge in [-0.2, -0.15) is 0 Å². The summed E-state index contributed by atoms with van der Waals surface area (Å²) < 4.78 is 0. The fraction of sp³-hybridized carbons (Fsp3) is 0.481. The van der Waals surface area contributed by atoms with Gasteiger partial charge in [-0.3, -0.25) is 9.59 Å². The van der Waals surface area contributed by atoms with Crippen LogP contribution in [0.2, 0.25) is 0 Å². The molecule has 0 N–H and O–H groups in total. The van der Waals surface area contributed by atoms with Gasteiger partial charge < -0.3 is 4.90 Å². The Hall–Kier alpha value is -2.42. The van der Waals surface area contributed by atoms with Crippen LogP contribution in [-0.2, 0) is 11.2 Å². The third kappa shape index (κ3) is 5.19. The van der Waals surface area contributed by atoms with Crippen molar-refractivity contribution >= 4 is 11.7 Å². The van der Waals surface area contributed by atoms with Gasteiger partial charge in [-0.15, -0.1) is 0 Å². The number of amides is 1. The van der Waals surface area contributed by atoms with Gasteiger partial charge in [-0.25, -0.2) is 0 Å². The number of hydrogen-bond acceptors (Lipinski definition) is 2. The van der Waals surface area contributed by atoms with Crippen molar-refractivity contribution in [2.75, 3.05) is 6.54 Å². The van der Waals surface area contributed by atoms with Crippen LogP contribution in [-0.4, -0.2) is 29.2 Å². The lowest BCUT2D eigenvalue weighted by Gasteiger charge is -2.38. The van der Waals surface area contributed by atoms with Gasteiger partial charge in [0.1, 0.15) is 0 Å². The molecule has 1 saturated heterocycles. The third-order valence-electron chi connectivity index (χ3n) is 6.86. The predicted octanol–water partition coefficient (Wildman–Crippen LogP) is 5.81. The van der Waals surface area contributed by atoms with Crippen molar-refractivity contribution in [1.29, 1.82) is 0 Å². The monoisotopic (exact) mass is 403 g/mol. The highest BCUT2D eigenvalue weighted by Gasteiger charge is 2.29. The van der Waals surface area contributed by atoms with E-state index in [0.717, 1.165) is 30.9 Å². The van der Waals surface area contributed by atoms with Gasteiger partial charge in [0.15, 0.2) is 5.78 Å². The molecule has 158 valence electrons. The van der Waals surface area contributed by atoms with Gasteiger partial charge in [-0.05, 0) is 43.2 Å². The van der Waals surface area contributed by atoms with Crippen molar-refractivity contribution in [2.24, 2.45) is 5.92 Å². The maximum Gasteiger partial charge on any atom is 0.227 e. The summed E-state index contributed by atoms with van der Waals surface area (Å²) >= 11 is 0. The largest absolute Gasteiger partial charge is 0.339 e. The standard InChI is InChI=1S/C27H33NO2/c29-26(28-17-8-7-16-25(28)19-21-10-3-1-4-11-21)20-22-12-9-15-24(18-22)27(30)23-13-5-2-6-14-23/h2,5-6,9,12-15,18,21,25H,1,3-4,7-8,10-11,16-17,19-20H2. The molecular formula is C27H33NO2. The second-order valence-corrected chi connectivity index (χ2v) is 9.05. The highest BCUT2D eigenvalue weighted by atomic mass is 16.2. The van der Waals surface area contributed by atoms with E-state index >= 15 is 0 Å². The lowest BCUT2D eigenvalue weighted by molar-refractivity contribution is -0.134. The van der Waals surface area contributed by atoms with Crippen molar-refractivity contribution in [2.45, 2.75) is 70.3 Å². The van der Waals surface area contributed by atoms with Crippen LogP contribution < -0.4 is 0 Å². The number of benzene rings is 2. The number of nitrogens with zero attached hydrogens (tertiary/aromatic N) is 1. The Balaban J connectivity index is 1.42. The molecule has 2 fully saturated rings. The van der Waals surface area contributed by atoms with Crippen LogP contribution in [0.5, 0.6) is 0 Å². The highest BCUT2D eigenvalue weighted by Crippen LogP contribution is 2.32. The molecule has 1 atom stereocenters. The molecule has 1 aliphatic carbocycles. The van der Waals surface area contributed by atoms with Crippen molar-refractivity contribution < 1.29 is 9.59 Å². The molecule has 1 unspecified atom stereocenters. The number of ketones is 1. The summed E-state index contributed by atoms with van der Waals surface area (Å²) in [5.74, 6) is 1.03. The molecule has 0 radical (unpaired) electrons. The molecule has 1 amide bonds. The van der Waals surface area contributed by atoms with Crippen LogP contribution in [0, 0.1) is 5.92 Å². The minimum atomic E-state index is 0.0121. The highest BCUT2D eigenvalue weighted by molar-refractivity contribution is 6.09. The minimum Gasteiger partial charge on any atom is -0.339 e. The average molecular weight is 404 g/mol. The first-order valence-electron chi connectivity index (χ1n) is 11.7. The molecule has 1 heterocycles. The zero-order valence-corrected chi connectivity index (χ0v) is 17.9. The van der Waals surface area contributed by atoms with E-state index < -0.39 is 0 Å². The Morgan fingerprint density at radius 1 is 0.800 bits per heavy atom. The van der Waals surface area contributed by atoms with Crippen molar-refractivity contribution in [3.05, 3.63) is 71.3 Å². The van der Waals surface area contributed by atoms with Crippen LogP contribution >= 0.6 is 0 Å². The molecule has 2 aromatic rings. The molecule has 30 heavy (non-hydrogen) atoms. The van der Waals surface area contributed by atoms with E-state index in [2.05, 4.69) is 4.90 Å². The Kier molecular flexibility index (Phi) is 6.99. The Labute approximate surface area is 180 Å². The summed E-state index contributed by atoms with van der Waals surface area (Å²) in [5.41, 5.74) is 2.28. The van der Waals surface area contributed by atoms with Crippen LogP contribution in [0.25, 0.3) is 0 Å². The van der Waals surface area contributed by atoms with E-state index in [4.69, 9.17) is 0 Å². The average Bonchev–Trinajstić information content (AvgIpc) is 2.80. The van der Waals surface area contributed by atoms with Crippen LogP contribution in [0.3, 0.4) is 0 Å². The zero-order chi connectivity index (χ0) is 20.8. The molecule has 1 aliphatic heterocycles. The predicted molar refractivity (Wildman–Crippen MR) is 121 cm³/mol. The van der Waals surface area contributed by atoms with Crippen LogP contribution in [0.1, 0.15) is 79.3 Å². The Morgan fingerprint density at radius 3 is 2.33 bits per heavy atom. The molecule has 2 aliphatic rings. The van der Waals surface area contributed by atoms with Gasteiger partial charge in [0.2, 0.25) is 5.91 Å². The summed E-state index contributed by atoms with van der Waals surface area (Å²) in [6, 6.07) is 17.4. The van der Waals surface area contributed by atoms with E-state index in [9.17, 15) is 9.59 Å². The van der Waals surface area contributed by atoms with E-state index in [-0.39, 0.29) is 11.7 Å². The smallest absolute Gasteiger partial charge is 0.227 e. The summed E-state index contributed by atoms with van der Waals surface area (Å²) in [5, 5.41) is 0. The molecule has 0 spiro atoms. The maximum absolute atomic E-state index is 13.2. The zero-order valence-electron chi connectivity index (χ0n) is 17.9. The number of carbonyl (C=O) groups excluding carboxylic acids is 2. The van der Waals surface area contributed by atoms with E-state index in [1.165, 1.54) is 44.9 Å². The maximum atomic E-state index is 13.2. The number of piperidine rings is 1. The first kappa shape index (κ1) is 20.8. The molecule has 3 nitrogen and oxygen atoms in total. The summed E-state index contributed by atoms with van der Waals surface area (Å²) in [6.07, 6.45) is 11.8. The van der Waals surface area contributed by atoms with Gasteiger partial charge in [-0.1, -0.05) is 80.6 Å². The quantitative estimate of drug-likeness (QED) is 0.571. The SMILES string of the molecule is O=C(c1ccccc1)c1cccc(CC(=O)N2CCCCC2CC2CCCCC2)c1. The molecular weight excluding hydrogens is 370 g/mol. The lowest BCUT2D eigenvalue weighted by Crippen LogP contribution is -2.45. The van der Waals surface area contributed by atoms with Gasteiger partial charge in [0.25, 0.3) is 0 Å². The second-order valence-electron chi connectivity index (χ2n) is 9.05. The van der Waals surface area contributed by atoms with Gasteiger partial charge >= 0.3 is 0 Å². The fourth-order valence-electron chi connectivity index (χ4n) is 5.24. The molecule has 1 saturated carbocycles. The van der Waals surface area contributed by atoms with Crippen molar-refractivity contribution in [1.82, 2.24) is 4.90 Å². The molecule has 0 bridgehead atoms. The molecule has 3 heteroatoms. The second kappa shape index (κ2) is 10.1. The van der Waals surface area contributed by atoms with Crippen molar-refractivity contribution in [3.63, 3.8) is 0 Å². The first-order valence-corrected chi connectivity index (χ1v) is 11.7. The number of likely N-dealkylation sites (tertiary alicyclic amines) is 1. The molecule has 2 aromatic carbocycles. The molecule has 0 aromatic heterocycles. The van der Waals surface area contributed by atoms with Crippen LogP contribution in [0.15, 0.2) is 54.6 Å². The minimum absolute atomic E-state index is 0.0121. The van der Waals surface area contributed by atoms with Gasteiger partial charge in [0, 0.05) is 23.7 Å². The summed E-state index contributed by atoms with van der Waals surface area (Å²) in [4.78, 5) is 28.1. The Bertz CT molecular complexity index is 854. The topological polar surface area (TPSA) is 37.4 Å². The number of carbonyl (C=O) groups is 2. The number of rotatable bonds is 6. The van der Waals surface area contributed by atoms with Gasteiger partial charge in [0.05, 0.1) is 6.42 Å². The van der Waals surface area contributed by atoms with E-state index in [0.29, 0.717) is 23.6 Å². The fourth-order valence-corrected chi connectivity index (χ4v) is 5.24. The van der Waals surface area contributed by atoms with Crippen molar-refractivity contribution in [3.8, 4) is 0 Å². The Morgan fingerprint density at radius 2 is 1.53 bits per heavy atom. The lowest BCUT2D eigenvalue weighted by atomic mass is 9.82. The van der Waals surface area contributed by atoms with Crippen LogP contribution in [0.4, 0.5) is 0 Å².